The van der Waals surface area contributed by atoms with Gasteiger partial charge in [0.1, 0.15) is 0 Å². The molecule has 1 unspecified atom stereocenters. The highest BCUT2D eigenvalue weighted by molar-refractivity contribution is 5.97. The molecule has 1 aliphatic heterocycles. The molecule has 0 amide bonds. The molecule has 0 bridgehead atoms. The number of benzene rings is 1. The van der Waals surface area contributed by atoms with Crippen LogP contribution < -0.4 is 0 Å². The summed E-state index contributed by atoms with van der Waals surface area (Å²) in [6.07, 6.45) is 2.52. The van der Waals surface area contributed by atoms with Gasteiger partial charge >= 0.3 is 0 Å². The number of likely N-dealkylation sites (tertiary alicyclic amines) is 1. The van der Waals surface area contributed by atoms with Crippen LogP contribution in [0.3, 0.4) is 0 Å². The van der Waals surface area contributed by atoms with Gasteiger partial charge in [-0.2, -0.15) is 0 Å². The summed E-state index contributed by atoms with van der Waals surface area (Å²) >= 11 is 0. The molecule has 0 spiro atoms. The minimum atomic E-state index is 0.0820. The summed E-state index contributed by atoms with van der Waals surface area (Å²) in [4.78, 5) is 14.9. The molecule has 0 radical (unpaired) electrons. The van der Waals surface area contributed by atoms with E-state index in [0.717, 1.165) is 31.1 Å². The third-order valence-corrected chi connectivity index (χ3v) is 4.85. The average Bonchev–Trinajstić information content (AvgIpc) is 2.47. The molecule has 1 saturated heterocycles. The SMILES string of the molecule is CC(CN1CCC(C(C)(C)C)CC1)C(=O)c1ccccc1. The van der Waals surface area contributed by atoms with Gasteiger partial charge in [0.2, 0.25) is 0 Å². The lowest BCUT2D eigenvalue weighted by Crippen LogP contribution is -2.41. The molecule has 116 valence electrons. The van der Waals surface area contributed by atoms with Gasteiger partial charge in [-0.3, -0.25) is 4.79 Å². The lowest BCUT2D eigenvalue weighted by molar-refractivity contribution is 0.0802. The molecule has 1 fully saturated rings. The molecule has 1 atom stereocenters. The Bertz CT molecular complexity index is 452. The van der Waals surface area contributed by atoms with Gasteiger partial charge in [0.25, 0.3) is 0 Å². The van der Waals surface area contributed by atoms with Gasteiger partial charge in [-0.15, -0.1) is 0 Å². The number of nitrogens with zero attached hydrogens (tertiary/aromatic N) is 1. The van der Waals surface area contributed by atoms with Crippen molar-refractivity contribution in [2.45, 2.75) is 40.5 Å². The van der Waals surface area contributed by atoms with E-state index in [-0.39, 0.29) is 11.7 Å². The highest BCUT2D eigenvalue weighted by Gasteiger charge is 2.29. The summed E-state index contributed by atoms with van der Waals surface area (Å²) in [5.74, 6) is 1.17. The Morgan fingerprint density at radius 3 is 2.29 bits per heavy atom. The molecular weight excluding hydrogens is 258 g/mol. The summed E-state index contributed by atoms with van der Waals surface area (Å²) in [5.41, 5.74) is 1.26. The summed E-state index contributed by atoms with van der Waals surface area (Å²) in [7, 11) is 0. The van der Waals surface area contributed by atoms with E-state index in [2.05, 4.69) is 32.6 Å². The third kappa shape index (κ3) is 4.41. The van der Waals surface area contributed by atoms with Crippen LogP contribution in [0.15, 0.2) is 30.3 Å². The first-order valence-corrected chi connectivity index (χ1v) is 8.19. The lowest BCUT2D eigenvalue weighted by atomic mass is 9.75. The second kappa shape index (κ2) is 6.74. The molecule has 2 rings (SSSR count). The van der Waals surface area contributed by atoms with Gasteiger partial charge in [-0.25, -0.2) is 0 Å². The van der Waals surface area contributed by atoms with Crippen LogP contribution >= 0.6 is 0 Å². The Balaban J connectivity index is 1.85. The predicted octanol–water partition coefficient (Wildman–Crippen LogP) is 4.26. The van der Waals surface area contributed by atoms with Gasteiger partial charge in [0, 0.05) is 18.0 Å². The highest BCUT2D eigenvalue weighted by Crippen LogP contribution is 2.34. The number of ketones is 1. The van der Waals surface area contributed by atoms with E-state index >= 15 is 0 Å². The largest absolute Gasteiger partial charge is 0.303 e. The fraction of sp³-hybridized carbons (Fsp3) is 0.632. The van der Waals surface area contributed by atoms with E-state index < -0.39 is 0 Å². The van der Waals surface area contributed by atoms with Gasteiger partial charge < -0.3 is 4.90 Å². The van der Waals surface area contributed by atoms with Crippen LogP contribution in [0.25, 0.3) is 0 Å². The number of hydrogen-bond donors (Lipinski definition) is 0. The number of hydrogen-bond acceptors (Lipinski definition) is 2. The number of carbonyl (C=O) groups is 1. The zero-order valence-electron chi connectivity index (χ0n) is 13.9. The zero-order valence-corrected chi connectivity index (χ0v) is 13.9. The number of carbonyl (C=O) groups excluding carboxylic acids is 1. The fourth-order valence-corrected chi connectivity index (χ4v) is 3.34. The number of rotatable bonds is 4. The standard InChI is InChI=1S/C19H29NO/c1-15(18(21)16-8-6-5-7-9-16)14-20-12-10-17(11-13-20)19(2,3)4/h5-9,15,17H,10-14H2,1-4H3. The highest BCUT2D eigenvalue weighted by atomic mass is 16.1. The van der Waals surface area contributed by atoms with E-state index in [0.29, 0.717) is 5.41 Å². The van der Waals surface area contributed by atoms with Crippen molar-refractivity contribution in [1.29, 1.82) is 0 Å². The number of piperidine rings is 1. The fourth-order valence-electron chi connectivity index (χ4n) is 3.34. The Labute approximate surface area is 129 Å². The summed E-state index contributed by atoms with van der Waals surface area (Å²) < 4.78 is 0. The monoisotopic (exact) mass is 287 g/mol. The van der Waals surface area contributed by atoms with Crippen molar-refractivity contribution >= 4 is 5.78 Å². The zero-order chi connectivity index (χ0) is 15.5. The minimum Gasteiger partial charge on any atom is -0.303 e. The molecule has 0 saturated carbocycles. The van der Waals surface area contributed by atoms with E-state index in [1.165, 1.54) is 12.8 Å². The first-order chi connectivity index (χ1) is 9.88. The maximum Gasteiger partial charge on any atom is 0.166 e. The molecule has 21 heavy (non-hydrogen) atoms. The van der Waals surface area contributed by atoms with Crippen molar-refractivity contribution in [2.75, 3.05) is 19.6 Å². The average molecular weight is 287 g/mol. The molecule has 1 heterocycles. The van der Waals surface area contributed by atoms with Crippen molar-refractivity contribution in [1.82, 2.24) is 4.90 Å². The molecule has 0 N–H and O–H groups in total. The topological polar surface area (TPSA) is 20.3 Å². The van der Waals surface area contributed by atoms with Crippen LogP contribution in [0.4, 0.5) is 0 Å². The number of Topliss-reactive ketones (excluding diaryl/α,β-unsaturated/α-hetero) is 1. The van der Waals surface area contributed by atoms with Gasteiger partial charge in [-0.05, 0) is 37.3 Å². The van der Waals surface area contributed by atoms with Gasteiger partial charge in [-0.1, -0.05) is 58.0 Å². The van der Waals surface area contributed by atoms with Crippen molar-refractivity contribution in [3.63, 3.8) is 0 Å². The first-order valence-electron chi connectivity index (χ1n) is 8.19. The van der Waals surface area contributed by atoms with E-state index in [4.69, 9.17) is 0 Å². The van der Waals surface area contributed by atoms with Crippen LogP contribution in [-0.4, -0.2) is 30.3 Å². The van der Waals surface area contributed by atoms with Crippen LogP contribution in [0, 0.1) is 17.3 Å². The Kier molecular flexibility index (Phi) is 5.21. The first kappa shape index (κ1) is 16.2. The second-order valence-corrected chi connectivity index (χ2v) is 7.57. The van der Waals surface area contributed by atoms with E-state index in [1.807, 2.05) is 30.3 Å². The maximum atomic E-state index is 12.4. The van der Waals surface area contributed by atoms with Crippen molar-refractivity contribution in [2.24, 2.45) is 17.3 Å². The predicted molar refractivity (Wildman–Crippen MR) is 88.6 cm³/mol. The Morgan fingerprint density at radius 2 is 1.76 bits per heavy atom. The third-order valence-electron chi connectivity index (χ3n) is 4.85. The molecule has 0 aromatic heterocycles. The maximum absolute atomic E-state index is 12.4. The Hall–Kier alpha value is -1.15. The van der Waals surface area contributed by atoms with E-state index in [9.17, 15) is 4.79 Å². The van der Waals surface area contributed by atoms with E-state index in [1.54, 1.807) is 0 Å². The molecule has 1 aliphatic rings. The molecule has 0 aliphatic carbocycles. The molecule has 1 aromatic carbocycles. The van der Waals surface area contributed by atoms with Crippen molar-refractivity contribution in [3.05, 3.63) is 35.9 Å². The summed E-state index contributed by atoms with van der Waals surface area (Å²) in [6.45, 7) is 12.2. The van der Waals surface area contributed by atoms with Gasteiger partial charge in [0.15, 0.2) is 5.78 Å². The minimum absolute atomic E-state index is 0.0820. The van der Waals surface area contributed by atoms with Crippen LogP contribution in [0.1, 0.15) is 50.9 Å². The van der Waals surface area contributed by atoms with Crippen LogP contribution in [-0.2, 0) is 0 Å². The van der Waals surface area contributed by atoms with Crippen molar-refractivity contribution < 1.29 is 4.79 Å². The summed E-state index contributed by atoms with van der Waals surface area (Å²) in [5, 5.41) is 0. The smallest absolute Gasteiger partial charge is 0.166 e. The van der Waals surface area contributed by atoms with Crippen LogP contribution in [0.2, 0.25) is 0 Å². The quantitative estimate of drug-likeness (QED) is 0.771. The Morgan fingerprint density at radius 1 is 1.19 bits per heavy atom. The van der Waals surface area contributed by atoms with Gasteiger partial charge in [0.05, 0.1) is 0 Å². The van der Waals surface area contributed by atoms with Crippen molar-refractivity contribution in [3.8, 4) is 0 Å². The second-order valence-electron chi connectivity index (χ2n) is 7.57. The molecule has 2 heteroatoms. The normalized spacial score (nSPS) is 19.4. The molecular formula is C19H29NO. The lowest BCUT2D eigenvalue weighted by Gasteiger charge is -2.39. The summed E-state index contributed by atoms with van der Waals surface area (Å²) in [6, 6.07) is 9.68. The molecule has 1 aromatic rings. The van der Waals surface area contributed by atoms with Crippen LogP contribution in [0.5, 0.6) is 0 Å². The molecule has 2 nitrogen and oxygen atoms in total.